The highest BCUT2D eigenvalue weighted by atomic mass is 16.4. The quantitative estimate of drug-likeness (QED) is 0.837. The molecule has 0 radical (unpaired) electrons. The number of rotatable bonds is 5. The average Bonchev–Trinajstić information content (AvgIpc) is 2.45. The van der Waals surface area contributed by atoms with Crippen LogP contribution in [0.25, 0.3) is 0 Å². The van der Waals surface area contributed by atoms with Crippen LogP contribution in [0.2, 0.25) is 0 Å². The van der Waals surface area contributed by atoms with Crippen molar-refractivity contribution in [3.63, 3.8) is 0 Å². The Morgan fingerprint density at radius 2 is 2.15 bits per heavy atom. The maximum absolute atomic E-state index is 11.3. The van der Waals surface area contributed by atoms with E-state index in [1.54, 1.807) is 12.4 Å². The molecule has 110 valence electrons. The number of carbonyl (C=O) groups is 1. The highest BCUT2D eigenvalue weighted by molar-refractivity contribution is 5.73. The SMILES string of the molecule is CCCC(C(=O)O)N1CCN(c2ccncc2N)CC1. The lowest BCUT2D eigenvalue weighted by Crippen LogP contribution is -2.52. The number of nitrogens with zero attached hydrogens (tertiary/aromatic N) is 3. The van der Waals surface area contributed by atoms with E-state index in [2.05, 4.69) is 14.8 Å². The topological polar surface area (TPSA) is 82.7 Å². The minimum absolute atomic E-state index is 0.364. The van der Waals surface area contributed by atoms with Crippen molar-refractivity contribution in [1.82, 2.24) is 9.88 Å². The van der Waals surface area contributed by atoms with Gasteiger partial charge in [-0.1, -0.05) is 13.3 Å². The number of carboxylic acid groups (broad SMARTS) is 1. The maximum atomic E-state index is 11.3. The lowest BCUT2D eigenvalue weighted by Gasteiger charge is -2.39. The van der Waals surface area contributed by atoms with Gasteiger partial charge in [0.05, 0.1) is 17.6 Å². The highest BCUT2D eigenvalue weighted by Crippen LogP contribution is 2.23. The van der Waals surface area contributed by atoms with E-state index in [0.29, 0.717) is 12.1 Å². The van der Waals surface area contributed by atoms with E-state index in [4.69, 9.17) is 5.73 Å². The molecule has 1 unspecified atom stereocenters. The van der Waals surface area contributed by atoms with Crippen LogP contribution in [-0.4, -0.2) is 53.2 Å². The summed E-state index contributed by atoms with van der Waals surface area (Å²) < 4.78 is 0. The summed E-state index contributed by atoms with van der Waals surface area (Å²) in [6, 6.07) is 1.54. The number of nitrogens with two attached hydrogens (primary N) is 1. The smallest absolute Gasteiger partial charge is 0.320 e. The molecule has 1 aliphatic heterocycles. The van der Waals surface area contributed by atoms with Gasteiger partial charge in [-0.05, 0) is 12.5 Å². The molecule has 0 bridgehead atoms. The lowest BCUT2D eigenvalue weighted by atomic mass is 10.1. The van der Waals surface area contributed by atoms with Crippen LogP contribution in [0.15, 0.2) is 18.5 Å². The molecule has 0 spiro atoms. The van der Waals surface area contributed by atoms with Crippen LogP contribution in [0.3, 0.4) is 0 Å². The first-order chi connectivity index (χ1) is 9.63. The van der Waals surface area contributed by atoms with Gasteiger partial charge in [0.1, 0.15) is 6.04 Å². The monoisotopic (exact) mass is 278 g/mol. The molecule has 0 amide bonds. The van der Waals surface area contributed by atoms with Gasteiger partial charge < -0.3 is 15.7 Å². The minimum Gasteiger partial charge on any atom is -0.480 e. The molecule has 1 atom stereocenters. The van der Waals surface area contributed by atoms with Crippen LogP contribution in [0, 0.1) is 0 Å². The van der Waals surface area contributed by atoms with E-state index in [1.807, 2.05) is 13.0 Å². The minimum atomic E-state index is -0.719. The Kier molecular flexibility index (Phi) is 4.79. The normalized spacial score (nSPS) is 17.9. The zero-order chi connectivity index (χ0) is 14.5. The van der Waals surface area contributed by atoms with Gasteiger partial charge in [0, 0.05) is 32.4 Å². The van der Waals surface area contributed by atoms with Crippen LogP contribution in [0.4, 0.5) is 11.4 Å². The van der Waals surface area contributed by atoms with Crippen molar-refractivity contribution in [3.8, 4) is 0 Å². The van der Waals surface area contributed by atoms with Crippen LogP contribution in [0.5, 0.6) is 0 Å². The Morgan fingerprint density at radius 1 is 1.45 bits per heavy atom. The van der Waals surface area contributed by atoms with Crippen LogP contribution >= 0.6 is 0 Å². The van der Waals surface area contributed by atoms with Crippen molar-refractivity contribution in [1.29, 1.82) is 0 Å². The van der Waals surface area contributed by atoms with Crippen molar-refractivity contribution in [2.45, 2.75) is 25.8 Å². The van der Waals surface area contributed by atoms with Gasteiger partial charge in [-0.15, -0.1) is 0 Å². The number of aliphatic carboxylic acids is 1. The van der Waals surface area contributed by atoms with Gasteiger partial charge >= 0.3 is 5.97 Å². The zero-order valence-corrected chi connectivity index (χ0v) is 11.8. The van der Waals surface area contributed by atoms with Gasteiger partial charge in [-0.3, -0.25) is 14.7 Å². The second-order valence-electron chi connectivity index (χ2n) is 5.10. The van der Waals surface area contributed by atoms with Crippen molar-refractivity contribution >= 4 is 17.3 Å². The molecule has 3 N–H and O–H groups in total. The number of anilines is 2. The van der Waals surface area contributed by atoms with Crippen molar-refractivity contribution < 1.29 is 9.90 Å². The summed E-state index contributed by atoms with van der Waals surface area (Å²) in [7, 11) is 0. The average molecular weight is 278 g/mol. The van der Waals surface area contributed by atoms with Gasteiger partial charge in [-0.25, -0.2) is 0 Å². The maximum Gasteiger partial charge on any atom is 0.320 e. The first kappa shape index (κ1) is 14.6. The predicted molar refractivity (Wildman–Crippen MR) is 78.8 cm³/mol. The fourth-order valence-electron chi connectivity index (χ4n) is 2.70. The Bertz CT molecular complexity index is 458. The Labute approximate surface area is 119 Å². The summed E-state index contributed by atoms with van der Waals surface area (Å²) in [5.74, 6) is -0.719. The molecule has 0 aliphatic carbocycles. The predicted octanol–water partition coefficient (Wildman–Crippen LogP) is 1.04. The van der Waals surface area contributed by atoms with Crippen molar-refractivity contribution in [2.75, 3.05) is 36.8 Å². The molecule has 2 rings (SSSR count). The van der Waals surface area contributed by atoms with Crippen LogP contribution < -0.4 is 10.6 Å². The number of hydrogen-bond acceptors (Lipinski definition) is 5. The number of nitrogen functional groups attached to an aromatic ring is 1. The summed E-state index contributed by atoms with van der Waals surface area (Å²) >= 11 is 0. The van der Waals surface area contributed by atoms with E-state index in [0.717, 1.165) is 38.3 Å². The fraction of sp³-hybridized carbons (Fsp3) is 0.571. The summed E-state index contributed by atoms with van der Waals surface area (Å²) in [6.45, 7) is 5.10. The molecular formula is C14H22N4O2. The molecule has 0 aromatic carbocycles. The third-order valence-electron chi connectivity index (χ3n) is 3.77. The molecular weight excluding hydrogens is 256 g/mol. The first-order valence-electron chi connectivity index (χ1n) is 7.04. The highest BCUT2D eigenvalue weighted by Gasteiger charge is 2.28. The first-order valence-corrected chi connectivity index (χ1v) is 7.04. The van der Waals surface area contributed by atoms with E-state index in [-0.39, 0.29) is 6.04 Å². The Morgan fingerprint density at radius 3 is 2.70 bits per heavy atom. The van der Waals surface area contributed by atoms with Crippen molar-refractivity contribution in [3.05, 3.63) is 18.5 Å². The van der Waals surface area contributed by atoms with E-state index in [1.165, 1.54) is 0 Å². The van der Waals surface area contributed by atoms with Crippen molar-refractivity contribution in [2.24, 2.45) is 0 Å². The molecule has 6 nitrogen and oxygen atoms in total. The summed E-state index contributed by atoms with van der Waals surface area (Å²) in [4.78, 5) is 19.5. The summed E-state index contributed by atoms with van der Waals surface area (Å²) in [5, 5.41) is 9.30. The van der Waals surface area contributed by atoms with Gasteiger partial charge in [-0.2, -0.15) is 0 Å². The number of hydrogen-bond donors (Lipinski definition) is 2. The molecule has 1 aromatic heterocycles. The molecule has 1 fully saturated rings. The zero-order valence-electron chi connectivity index (χ0n) is 11.8. The number of pyridine rings is 1. The second-order valence-corrected chi connectivity index (χ2v) is 5.10. The molecule has 1 aromatic rings. The number of aromatic nitrogens is 1. The van der Waals surface area contributed by atoms with Crippen LogP contribution in [0.1, 0.15) is 19.8 Å². The Balaban J connectivity index is 1.98. The summed E-state index contributed by atoms with van der Waals surface area (Å²) in [6.07, 6.45) is 4.97. The van der Waals surface area contributed by atoms with Gasteiger partial charge in [0.2, 0.25) is 0 Å². The third-order valence-corrected chi connectivity index (χ3v) is 3.77. The molecule has 2 heterocycles. The second kappa shape index (κ2) is 6.56. The molecule has 6 heteroatoms. The van der Waals surface area contributed by atoms with Gasteiger partial charge in [0.25, 0.3) is 0 Å². The lowest BCUT2D eigenvalue weighted by molar-refractivity contribution is -0.143. The molecule has 20 heavy (non-hydrogen) atoms. The van der Waals surface area contributed by atoms with E-state index >= 15 is 0 Å². The molecule has 0 saturated carbocycles. The van der Waals surface area contributed by atoms with E-state index < -0.39 is 5.97 Å². The molecule has 1 aliphatic rings. The Hall–Kier alpha value is -1.82. The fourth-order valence-corrected chi connectivity index (χ4v) is 2.70. The van der Waals surface area contributed by atoms with Gasteiger partial charge in [0.15, 0.2) is 0 Å². The largest absolute Gasteiger partial charge is 0.480 e. The molecule has 1 saturated heterocycles. The third kappa shape index (κ3) is 3.19. The number of piperazine rings is 1. The standard InChI is InChI=1S/C14H22N4O2/c1-2-3-13(14(19)20)18-8-6-17(7-9-18)12-4-5-16-10-11(12)15/h4-5,10,13H,2-3,6-9,15H2,1H3,(H,19,20). The van der Waals surface area contributed by atoms with Crippen LogP contribution in [-0.2, 0) is 4.79 Å². The summed E-state index contributed by atoms with van der Waals surface area (Å²) in [5.41, 5.74) is 7.59. The van der Waals surface area contributed by atoms with E-state index in [9.17, 15) is 9.90 Å². The number of carboxylic acids is 1.